The Morgan fingerprint density at radius 1 is 0.972 bits per heavy atom. The van der Waals surface area contributed by atoms with Gasteiger partial charge in [-0.2, -0.15) is 0 Å². The molecule has 2 heterocycles. The fraction of sp³-hybridized carbons (Fsp3) is 0.308. The van der Waals surface area contributed by atoms with Gasteiger partial charge in [-0.05, 0) is 30.5 Å². The van der Waals surface area contributed by atoms with Crippen LogP contribution in [-0.4, -0.2) is 20.0 Å². The van der Waals surface area contributed by atoms with E-state index in [4.69, 9.17) is 10.2 Å². The molecule has 0 saturated carbocycles. The van der Waals surface area contributed by atoms with E-state index in [0.29, 0.717) is 30.5 Å². The van der Waals surface area contributed by atoms with Gasteiger partial charge in [-0.3, -0.25) is 23.7 Å². The number of carbonyl (C=O) groups excluding carboxylic acids is 1. The lowest BCUT2D eigenvalue weighted by Gasteiger charge is -2.25. The van der Waals surface area contributed by atoms with Gasteiger partial charge < -0.3 is 15.1 Å². The van der Waals surface area contributed by atoms with Gasteiger partial charge in [0.15, 0.2) is 11.3 Å². The van der Waals surface area contributed by atoms with Crippen molar-refractivity contribution in [1.29, 1.82) is 0 Å². The normalized spacial score (nSPS) is 11.1. The Labute approximate surface area is 206 Å². The fourth-order valence-electron chi connectivity index (χ4n) is 4.18. The molecule has 2 aromatic heterocycles. The van der Waals surface area contributed by atoms with Gasteiger partial charge in [0.2, 0.25) is 5.91 Å². The molecular formula is C26H29N5O5. The third-order valence-electron chi connectivity index (χ3n) is 6.05. The van der Waals surface area contributed by atoms with Gasteiger partial charge >= 0.3 is 11.4 Å². The molecule has 3 N–H and O–H groups in total. The number of rotatable bonds is 10. The van der Waals surface area contributed by atoms with Crippen LogP contribution in [0.3, 0.4) is 0 Å². The maximum atomic E-state index is 13.5. The zero-order valence-corrected chi connectivity index (χ0v) is 20.1. The maximum absolute atomic E-state index is 13.5. The molecule has 1 amide bonds. The summed E-state index contributed by atoms with van der Waals surface area (Å²) in [5, 5.41) is 0. The van der Waals surface area contributed by atoms with Crippen molar-refractivity contribution in [3.8, 4) is 0 Å². The van der Waals surface area contributed by atoms with Crippen LogP contribution < -0.4 is 27.6 Å². The number of nitrogen functional groups attached to an aromatic ring is 1. The van der Waals surface area contributed by atoms with Crippen molar-refractivity contribution in [2.24, 2.45) is 0 Å². The highest BCUT2D eigenvalue weighted by Gasteiger charge is 2.24. The van der Waals surface area contributed by atoms with E-state index in [1.54, 1.807) is 18.2 Å². The van der Waals surface area contributed by atoms with E-state index >= 15 is 0 Å². The molecule has 0 unspecified atom stereocenters. The largest absolute Gasteiger partial charge is 0.419 e. The average molecular weight is 492 g/mol. The molecule has 10 nitrogen and oxygen atoms in total. The maximum Gasteiger partial charge on any atom is 0.419 e. The number of H-pyrrole nitrogens is 1. The van der Waals surface area contributed by atoms with E-state index in [-0.39, 0.29) is 36.9 Å². The zero-order chi connectivity index (χ0) is 25.7. The minimum Gasteiger partial charge on any atom is -0.408 e. The average Bonchev–Trinajstić information content (AvgIpc) is 3.18. The van der Waals surface area contributed by atoms with Crippen molar-refractivity contribution in [2.45, 2.75) is 52.2 Å². The van der Waals surface area contributed by atoms with Gasteiger partial charge in [-0.1, -0.05) is 55.8 Å². The summed E-state index contributed by atoms with van der Waals surface area (Å²) in [6.45, 7) is 2.68. The highest BCUT2D eigenvalue weighted by molar-refractivity contribution is 5.95. The molecule has 188 valence electrons. The smallest absolute Gasteiger partial charge is 0.408 e. The summed E-state index contributed by atoms with van der Waals surface area (Å²) in [6.07, 6.45) is 1.90. The SMILES string of the molecule is CCCCn1c(N)c(N(Cc2ccccc2)C(=O)CCCn2c(=O)oc3ccccc32)c(=O)[nH]c1=O. The first kappa shape index (κ1) is 24.8. The number of hydrogen-bond donors (Lipinski definition) is 2. The summed E-state index contributed by atoms with van der Waals surface area (Å²) in [5.74, 6) is -0.885. The fourth-order valence-corrected chi connectivity index (χ4v) is 4.18. The first-order valence-corrected chi connectivity index (χ1v) is 12.0. The molecule has 4 rings (SSSR count). The quantitative estimate of drug-likeness (QED) is 0.350. The Hall–Kier alpha value is -4.34. The van der Waals surface area contributed by atoms with Crippen LogP contribution >= 0.6 is 0 Å². The van der Waals surface area contributed by atoms with E-state index < -0.39 is 17.0 Å². The number of unbranched alkanes of at least 4 members (excludes halogenated alkanes) is 1. The second kappa shape index (κ2) is 10.9. The number of aryl methyl sites for hydroxylation is 1. The lowest BCUT2D eigenvalue weighted by atomic mass is 10.1. The van der Waals surface area contributed by atoms with Crippen LogP contribution in [0, 0.1) is 0 Å². The van der Waals surface area contributed by atoms with Gasteiger partial charge in [0.1, 0.15) is 5.82 Å². The monoisotopic (exact) mass is 491 g/mol. The Morgan fingerprint density at radius 2 is 1.67 bits per heavy atom. The second-order valence-electron chi connectivity index (χ2n) is 8.55. The molecule has 4 aromatic rings. The highest BCUT2D eigenvalue weighted by Crippen LogP contribution is 2.22. The summed E-state index contributed by atoms with van der Waals surface area (Å²) < 4.78 is 8.03. The van der Waals surface area contributed by atoms with Crippen LogP contribution in [0.25, 0.3) is 11.1 Å². The zero-order valence-electron chi connectivity index (χ0n) is 20.1. The number of carbonyl (C=O) groups is 1. The molecule has 0 aliphatic rings. The van der Waals surface area contributed by atoms with Crippen LogP contribution in [0.5, 0.6) is 0 Å². The summed E-state index contributed by atoms with van der Waals surface area (Å²) in [5.41, 5.74) is 6.86. The predicted octanol–water partition coefficient (Wildman–Crippen LogP) is 2.84. The van der Waals surface area contributed by atoms with Gasteiger partial charge in [-0.25, -0.2) is 9.59 Å². The molecule has 0 atom stereocenters. The number of anilines is 2. The van der Waals surface area contributed by atoms with E-state index in [0.717, 1.165) is 12.0 Å². The van der Waals surface area contributed by atoms with Crippen molar-refractivity contribution in [3.63, 3.8) is 0 Å². The van der Waals surface area contributed by atoms with Crippen LogP contribution in [0.4, 0.5) is 11.5 Å². The molecule has 0 radical (unpaired) electrons. The van der Waals surface area contributed by atoms with Crippen LogP contribution in [-0.2, 0) is 24.4 Å². The highest BCUT2D eigenvalue weighted by atomic mass is 16.4. The summed E-state index contributed by atoms with van der Waals surface area (Å²) in [4.78, 5) is 54.6. The van der Waals surface area contributed by atoms with E-state index in [2.05, 4.69) is 4.98 Å². The molecular weight excluding hydrogens is 462 g/mol. The number of nitrogens with two attached hydrogens (primary N) is 1. The predicted molar refractivity (Wildman–Crippen MR) is 138 cm³/mol. The number of aromatic nitrogens is 3. The molecule has 10 heteroatoms. The minimum absolute atomic E-state index is 0.0430. The van der Waals surface area contributed by atoms with Crippen LogP contribution in [0.2, 0.25) is 0 Å². The lowest BCUT2D eigenvalue weighted by molar-refractivity contribution is -0.118. The number of amides is 1. The minimum atomic E-state index is -0.716. The van der Waals surface area contributed by atoms with Gasteiger partial charge in [-0.15, -0.1) is 0 Å². The lowest BCUT2D eigenvalue weighted by Crippen LogP contribution is -2.41. The Bertz CT molecular complexity index is 1530. The Kier molecular flexibility index (Phi) is 7.53. The molecule has 2 aromatic carbocycles. The Morgan fingerprint density at radius 3 is 2.42 bits per heavy atom. The first-order chi connectivity index (χ1) is 17.4. The van der Waals surface area contributed by atoms with Crippen molar-refractivity contribution in [1.82, 2.24) is 14.1 Å². The Balaban J connectivity index is 1.63. The molecule has 36 heavy (non-hydrogen) atoms. The van der Waals surface area contributed by atoms with E-state index in [9.17, 15) is 19.2 Å². The third kappa shape index (κ3) is 5.17. The molecule has 0 bridgehead atoms. The number of aromatic amines is 1. The number of para-hydroxylation sites is 2. The number of oxazole rings is 1. The third-order valence-corrected chi connectivity index (χ3v) is 6.05. The van der Waals surface area contributed by atoms with Crippen molar-refractivity contribution in [2.75, 3.05) is 10.6 Å². The standard InChI is InChI=1S/C26H29N5O5/c1-2-3-15-30-23(27)22(24(33)28-25(30)34)31(17-18-10-5-4-6-11-18)21(32)14-9-16-29-19-12-7-8-13-20(19)36-26(29)35/h4-8,10-13H,2-3,9,14-17,27H2,1H3,(H,28,33,34). The van der Waals surface area contributed by atoms with Gasteiger partial charge in [0, 0.05) is 19.5 Å². The summed E-state index contributed by atoms with van der Waals surface area (Å²) >= 11 is 0. The molecule has 0 spiro atoms. The molecule has 0 aliphatic heterocycles. The van der Waals surface area contributed by atoms with Gasteiger partial charge in [0.25, 0.3) is 5.56 Å². The number of nitrogens with zero attached hydrogens (tertiary/aromatic N) is 3. The van der Waals surface area contributed by atoms with Crippen molar-refractivity contribution in [3.05, 3.63) is 91.5 Å². The second-order valence-corrected chi connectivity index (χ2v) is 8.55. The number of hydrogen-bond acceptors (Lipinski definition) is 6. The van der Waals surface area contributed by atoms with E-state index in [1.807, 2.05) is 43.3 Å². The number of nitrogens with one attached hydrogen (secondary N) is 1. The molecule has 0 saturated heterocycles. The molecule has 0 aliphatic carbocycles. The topological polar surface area (TPSA) is 136 Å². The summed E-state index contributed by atoms with van der Waals surface area (Å²) in [6, 6.07) is 16.3. The summed E-state index contributed by atoms with van der Waals surface area (Å²) in [7, 11) is 0. The van der Waals surface area contributed by atoms with Crippen LogP contribution in [0.15, 0.2) is 73.4 Å². The van der Waals surface area contributed by atoms with Crippen molar-refractivity contribution < 1.29 is 9.21 Å². The molecule has 0 fully saturated rings. The number of fused-ring (bicyclic) bond motifs is 1. The van der Waals surface area contributed by atoms with Crippen molar-refractivity contribution >= 4 is 28.5 Å². The number of benzene rings is 2. The first-order valence-electron chi connectivity index (χ1n) is 12.0. The van der Waals surface area contributed by atoms with E-state index in [1.165, 1.54) is 14.0 Å². The van der Waals surface area contributed by atoms with Crippen LogP contribution in [0.1, 0.15) is 38.2 Å². The van der Waals surface area contributed by atoms with Gasteiger partial charge in [0.05, 0.1) is 12.1 Å².